The van der Waals surface area contributed by atoms with E-state index in [1.54, 1.807) is 0 Å². The zero-order chi connectivity index (χ0) is 15.6. The van der Waals surface area contributed by atoms with Crippen molar-refractivity contribution in [1.82, 2.24) is 19.7 Å². The Balaban J connectivity index is 2.13. The molecular formula is C12H18F3N5O. The Labute approximate surface area is 120 Å². The summed E-state index contributed by atoms with van der Waals surface area (Å²) in [7, 11) is 0. The first kappa shape index (κ1) is 15.7. The molecule has 0 radical (unpaired) electrons. The number of rotatable bonds is 4. The van der Waals surface area contributed by atoms with Gasteiger partial charge in [0.25, 0.3) is 0 Å². The van der Waals surface area contributed by atoms with Crippen LogP contribution in [0.25, 0.3) is 0 Å². The number of aromatic nitrogens is 3. The van der Waals surface area contributed by atoms with Crippen molar-refractivity contribution in [3.8, 4) is 0 Å². The molecule has 0 fully saturated rings. The average molecular weight is 305 g/mol. The Hall–Kier alpha value is -1.64. The van der Waals surface area contributed by atoms with Crippen molar-refractivity contribution in [1.29, 1.82) is 0 Å². The predicted molar refractivity (Wildman–Crippen MR) is 67.9 cm³/mol. The molecule has 1 unspecified atom stereocenters. The molecule has 0 bridgehead atoms. The second-order valence-electron chi connectivity index (χ2n) is 5.07. The lowest BCUT2D eigenvalue weighted by molar-refractivity contribution is -0.148. The summed E-state index contributed by atoms with van der Waals surface area (Å²) in [6, 6.07) is 0. The highest BCUT2D eigenvalue weighted by molar-refractivity contribution is 5.79. The zero-order valence-corrected chi connectivity index (χ0v) is 11.7. The van der Waals surface area contributed by atoms with Crippen molar-refractivity contribution in [3.05, 3.63) is 11.6 Å². The fourth-order valence-electron chi connectivity index (χ4n) is 2.50. The molecule has 0 aromatic carbocycles. The first-order valence-electron chi connectivity index (χ1n) is 6.86. The maximum atomic E-state index is 12.7. The van der Waals surface area contributed by atoms with Crippen LogP contribution in [0.4, 0.5) is 13.2 Å². The van der Waals surface area contributed by atoms with Gasteiger partial charge in [-0.25, -0.2) is 0 Å². The summed E-state index contributed by atoms with van der Waals surface area (Å²) in [5.41, 5.74) is 5.59. The Morgan fingerprint density at radius 3 is 2.67 bits per heavy atom. The van der Waals surface area contributed by atoms with E-state index in [9.17, 15) is 18.0 Å². The van der Waals surface area contributed by atoms with E-state index < -0.39 is 12.0 Å². The van der Waals surface area contributed by atoms with Crippen LogP contribution >= 0.6 is 0 Å². The number of alkyl halides is 3. The summed E-state index contributed by atoms with van der Waals surface area (Å²) in [4.78, 5) is 13.8. The number of carbonyl (C=O) groups is 1. The van der Waals surface area contributed by atoms with Gasteiger partial charge in [-0.2, -0.15) is 13.2 Å². The van der Waals surface area contributed by atoms with Crippen molar-refractivity contribution in [2.24, 2.45) is 11.7 Å². The summed E-state index contributed by atoms with van der Waals surface area (Å²) in [5.74, 6) is -1.25. The quantitative estimate of drug-likeness (QED) is 0.901. The van der Waals surface area contributed by atoms with E-state index in [0.717, 1.165) is 11.0 Å². The standard InChI is InChI=1S/C12H18F3N5O/c1-2-3-8(6-16)10(21)19-4-5-20-9(7-19)17-18-11(20)12(13,14)15/h8H,2-7,16H2,1H3. The van der Waals surface area contributed by atoms with Crippen LogP contribution in [0.15, 0.2) is 0 Å². The summed E-state index contributed by atoms with van der Waals surface area (Å²) in [5, 5.41) is 6.74. The number of nitrogens with two attached hydrogens (primary N) is 1. The number of hydrogen-bond donors (Lipinski definition) is 1. The van der Waals surface area contributed by atoms with Crippen molar-refractivity contribution < 1.29 is 18.0 Å². The summed E-state index contributed by atoms with van der Waals surface area (Å²) < 4.78 is 39.2. The molecule has 6 nitrogen and oxygen atoms in total. The lowest BCUT2D eigenvalue weighted by atomic mass is 10.0. The van der Waals surface area contributed by atoms with Gasteiger partial charge in [-0.3, -0.25) is 4.79 Å². The van der Waals surface area contributed by atoms with E-state index in [1.165, 1.54) is 4.90 Å². The molecule has 118 valence electrons. The van der Waals surface area contributed by atoms with Crippen LogP contribution in [0.5, 0.6) is 0 Å². The first-order chi connectivity index (χ1) is 9.88. The number of fused-ring (bicyclic) bond motifs is 1. The number of halogens is 3. The monoisotopic (exact) mass is 305 g/mol. The van der Waals surface area contributed by atoms with Crippen LogP contribution < -0.4 is 5.73 Å². The molecule has 2 rings (SSSR count). The van der Waals surface area contributed by atoms with Crippen LogP contribution in [0.1, 0.15) is 31.4 Å². The number of hydrogen-bond acceptors (Lipinski definition) is 4. The Morgan fingerprint density at radius 2 is 2.10 bits per heavy atom. The smallest absolute Gasteiger partial charge is 0.333 e. The molecule has 1 aromatic heterocycles. The number of carbonyl (C=O) groups excluding carboxylic acids is 1. The third-order valence-corrected chi connectivity index (χ3v) is 3.59. The predicted octanol–water partition coefficient (Wildman–Crippen LogP) is 1.01. The Morgan fingerprint density at radius 1 is 1.38 bits per heavy atom. The van der Waals surface area contributed by atoms with E-state index in [0.29, 0.717) is 6.42 Å². The molecule has 1 aliphatic rings. The van der Waals surface area contributed by atoms with Gasteiger partial charge in [0.05, 0.1) is 12.5 Å². The molecule has 1 aromatic rings. The minimum absolute atomic E-state index is 0.0438. The van der Waals surface area contributed by atoms with E-state index in [4.69, 9.17) is 5.73 Å². The van der Waals surface area contributed by atoms with Gasteiger partial charge in [0, 0.05) is 19.6 Å². The largest absolute Gasteiger partial charge is 0.451 e. The maximum absolute atomic E-state index is 12.7. The molecule has 2 N–H and O–H groups in total. The van der Waals surface area contributed by atoms with Gasteiger partial charge in [0.2, 0.25) is 11.7 Å². The molecule has 21 heavy (non-hydrogen) atoms. The Bertz CT molecular complexity index is 513. The Kier molecular flexibility index (Phi) is 4.50. The van der Waals surface area contributed by atoms with Gasteiger partial charge in [-0.15, -0.1) is 10.2 Å². The van der Waals surface area contributed by atoms with Crippen LogP contribution in [-0.2, 0) is 24.1 Å². The maximum Gasteiger partial charge on any atom is 0.451 e. The van der Waals surface area contributed by atoms with Gasteiger partial charge in [-0.1, -0.05) is 13.3 Å². The van der Waals surface area contributed by atoms with Crippen LogP contribution in [0.3, 0.4) is 0 Å². The van der Waals surface area contributed by atoms with Gasteiger partial charge < -0.3 is 15.2 Å². The molecule has 0 aliphatic carbocycles. The minimum atomic E-state index is -4.53. The van der Waals surface area contributed by atoms with Crippen LogP contribution in [0, 0.1) is 5.92 Å². The molecule has 1 aliphatic heterocycles. The summed E-state index contributed by atoms with van der Waals surface area (Å²) in [6.07, 6.45) is -3.03. The second-order valence-corrected chi connectivity index (χ2v) is 5.07. The normalized spacial score (nSPS) is 16.7. The van der Waals surface area contributed by atoms with Crippen molar-refractivity contribution in [2.75, 3.05) is 13.1 Å². The minimum Gasteiger partial charge on any atom is -0.333 e. The second kappa shape index (κ2) is 6.00. The summed E-state index contributed by atoms with van der Waals surface area (Å²) >= 11 is 0. The lowest BCUT2D eigenvalue weighted by Gasteiger charge is -2.30. The van der Waals surface area contributed by atoms with Gasteiger partial charge in [-0.05, 0) is 6.42 Å². The van der Waals surface area contributed by atoms with Gasteiger partial charge in [0.15, 0.2) is 5.82 Å². The molecule has 0 saturated carbocycles. The molecule has 0 saturated heterocycles. The molecule has 1 amide bonds. The fraction of sp³-hybridized carbons (Fsp3) is 0.750. The average Bonchev–Trinajstić information content (AvgIpc) is 2.86. The number of nitrogens with zero attached hydrogens (tertiary/aromatic N) is 4. The highest BCUT2D eigenvalue weighted by atomic mass is 19.4. The van der Waals surface area contributed by atoms with Crippen LogP contribution in [-0.4, -0.2) is 38.7 Å². The molecule has 0 spiro atoms. The van der Waals surface area contributed by atoms with E-state index >= 15 is 0 Å². The highest BCUT2D eigenvalue weighted by Gasteiger charge is 2.40. The SMILES string of the molecule is CCCC(CN)C(=O)N1CCn2c(nnc2C(F)(F)F)C1. The van der Waals surface area contributed by atoms with E-state index in [-0.39, 0.29) is 43.8 Å². The van der Waals surface area contributed by atoms with Crippen LogP contribution in [0.2, 0.25) is 0 Å². The van der Waals surface area contributed by atoms with Crippen molar-refractivity contribution in [3.63, 3.8) is 0 Å². The fourth-order valence-corrected chi connectivity index (χ4v) is 2.50. The zero-order valence-electron chi connectivity index (χ0n) is 11.7. The van der Waals surface area contributed by atoms with Gasteiger partial charge >= 0.3 is 6.18 Å². The third kappa shape index (κ3) is 3.17. The van der Waals surface area contributed by atoms with E-state index in [1.807, 2.05) is 6.92 Å². The van der Waals surface area contributed by atoms with Gasteiger partial charge in [0.1, 0.15) is 0 Å². The lowest BCUT2D eigenvalue weighted by Crippen LogP contribution is -2.44. The summed E-state index contributed by atoms with van der Waals surface area (Å²) in [6.45, 7) is 2.50. The van der Waals surface area contributed by atoms with Crippen molar-refractivity contribution >= 4 is 5.91 Å². The van der Waals surface area contributed by atoms with E-state index in [2.05, 4.69) is 10.2 Å². The molecule has 9 heteroatoms. The topological polar surface area (TPSA) is 77.0 Å². The first-order valence-corrected chi connectivity index (χ1v) is 6.86. The number of amides is 1. The molecular weight excluding hydrogens is 287 g/mol. The molecule has 2 heterocycles. The highest BCUT2D eigenvalue weighted by Crippen LogP contribution is 2.29. The third-order valence-electron chi connectivity index (χ3n) is 3.59. The molecule has 1 atom stereocenters. The van der Waals surface area contributed by atoms with Crippen molar-refractivity contribution in [2.45, 2.75) is 39.0 Å².